The van der Waals surface area contributed by atoms with Gasteiger partial charge >= 0.3 is 30.0 Å². The third-order valence-corrected chi connectivity index (χ3v) is 25.0. The molecule has 34 heteroatoms. The van der Waals surface area contributed by atoms with Crippen LogP contribution in [0.4, 0.5) is 18.0 Å². The van der Waals surface area contributed by atoms with E-state index in [9.17, 15) is 46.7 Å². The van der Waals surface area contributed by atoms with E-state index in [0.29, 0.717) is 127 Å². The summed E-state index contributed by atoms with van der Waals surface area (Å²) in [4.78, 5) is 110. The van der Waals surface area contributed by atoms with Crippen molar-refractivity contribution in [3.05, 3.63) is 305 Å². The maximum Gasteiger partial charge on any atom is 0.409 e. The number of benzene rings is 8. The number of pyridine rings is 4. The number of hydrogen-bond acceptors (Lipinski definition) is 19. The fourth-order valence-corrected chi connectivity index (χ4v) is 17.6. The Morgan fingerprint density at radius 1 is 0.353 bits per heavy atom. The SMILES string of the molecule is CCOC(=O)N1CCN(CCOC(=O)c2cc3c4ccccc4n(Cc4cc(Cl)ccc4Cl)c3cn2)CC1.CCOC(=O)c1cc2c3ccccc3n(Cc3cc(Cl)ccc3Cl)c2cn1.O=C(OCCN1C(=O)CCC1=O)c1cc2c3ccccc3n(Cc3cc(Cl)ccc3Cl)c2cn1.O=C(OCCN1CCOCC1)c1cc2c3ccccc3n(Cc3ccc(F)c(F)c3F)c2cn1. The molecule has 0 unspecified atom stereocenters. The molecule has 682 valence electrons. The Bertz CT molecular complexity index is 7150. The van der Waals surface area contributed by atoms with Crippen molar-refractivity contribution >= 4 is 199 Å². The lowest BCUT2D eigenvalue weighted by Gasteiger charge is -2.33. The first-order valence-electron chi connectivity index (χ1n) is 42.9. The summed E-state index contributed by atoms with van der Waals surface area (Å²) in [6.45, 7) is 13.0. The highest BCUT2D eigenvalue weighted by molar-refractivity contribution is 6.35. The van der Waals surface area contributed by atoms with Gasteiger partial charge < -0.3 is 51.6 Å². The van der Waals surface area contributed by atoms with Gasteiger partial charge in [-0.1, -0.05) is 148 Å². The third kappa shape index (κ3) is 21.2. The highest BCUT2D eigenvalue weighted by atomic mass is 35.5. The fourth-order valence-electron chi connectivity index (χ4n) is 16.5. The number of halogens is 9. The van der Waals surface area contributed by atoms with Gasteiger partial charge in [-0.2, -0.15) is 0 Å². The number of para-hydroxylation sites is 4. The number of amides is 3. The average Bonchev–Trinajstić information content (AvgIpc) is 1.62. The minimum atomic E-state index is -1.50. The number of rotatable bonds is 23. The van der Waals surface area contributed by atoms with E-state index in [-0.39, 0.29) is 86.3 Å². The van der Waals surface area contributed by atoms with Crippen LogP contribution in [-0.4, -0.2) is 205 Å². The zero-order chi connectivity index (χ0) is 93.1. The number of carbonyl (C=O) groups is 7. The Morgan fingerprint density at radius 3 is 1.05 bits per heavy atom. The number of nitrogens with zero attached hydrogens (tertiary/aromatic N) is 12. The van der Waals surface area contributed by atoms with Crippen LogP contribution in [0.3, 0.4) is 0 Å². The molecule has 8 aromatic carbocycles. The van der Waals surface area contributed by atoms with Gasteiger partial charge in [-0.05, 0) is 140 Å². The lowest BCUT2D eigenvalue weighted by atomic mass is 10.1. The Kier molecular flexibility index (Phi) is 29.8. The molecule has 8 aromatic heterocycles. The van der Waals surface area contributed by atoms with E-state index in [0.717, 1.165) is 122 Å². The van der Waals surface area contributed by atoms with Crippen LogP contribution in [0.5, 0.6) is 0 Å². The van der Waals surface area contributed by atoms with E-state index in [1.807, 2.05) is 115 Å². The van der Waals surface area contributed by atoms with Gasteiger partial charge in [0.05, 0.1) is 86.4 Å². The summed E-state index contributed by atoms with van der Waals surface area (Å²) in [6.07, 6.45) is 6.70. The zero-order valence-corrected chi connectivity index (χ0v) is 76.4. The van der Waals surface area contributed by atoms with Gasteiger partial charge in [-0.15, -0.1) is 0 Å². The number of hydrogen-bond donors (Lipinski definition) is 0. The van der Waals surface area contributed by atoms with Gasteiger partial charge in [0.1, 0.15) is 42.6 Å². The molecule has 3 aliphatic heterocycles. The van der Waals surface area contributed by atoms with E-state index in [2.05, 4.69) is 43.4 Å². The van der Waals surface area contributed by atoms with Gasteiger partial charge in [0.15, 0.2) is 17.5 Å². The van der Waals surface area contributed by atoms with Gasteiger partial charge in [0.2, 0.25) is 11.8 Å². The molecule has 0 saturated carbocycles. The fraction of sp³-hybridized carbons (Fsp3) is 0.242. The zero-order valence-electron chi connectivity index (χ0n) is 71.8. The number of morpholine rings is 1. The molecule has 0 aliphatic carbocycles. The molecule has 25 nitrogen and oxygen atoms in total. The van der Waals surface area contributed by atoms with Crippen molar-refractivity contribution in [1.29, 1.82) is 0 Å². The summed E-state index contributed by atoms with van der Waals surface area (Å²) in [5, 5.41) is 11.0. The molecular weight excluding hydrogens is 1830 g/mol. The molecule has 0 spiro atoms. The first-order valence-corrected chi connectivity index (χ1v) is 45.1. The molecule has 11 heterocycles. The predicted octanol–water partition coefficient (Wildman–Crippen LogP) is 20.2. The van der Waals surface area contributed by atoms with Crippen molar-refractivity contribution in [3.8, 4) is 0 Å². The molecule has 3 fully saturated rings. The molecule has 0 atom stereocenters. The topological polar surface area (TPSA) is 259 Å². The second kappa shape index (κ2) is 42.4. The third-order valence-electron chi connectivity index (χ3n) is 23.2. The van der Waals surface area contributed by atoms with Crippen molar-refractivity contribution in [1.82, 2.24) is 57.8 Å². The van der Waals surface area contributed by atoms with Gasteiger partial charge in [0, 0.05) is 186 Å². The largest absolute Gasteiger partial charge is 0.461 e. The van der Waals surface area contributed by atoms with E-state index < -0.39 is 41.3 Å². The summed E-state index contributed by atoms with van der Waals surface area (Å²) in [5.74, 6) is -6.48. The Morgan fingerprint density at radius 2 is 0.684 bits per heavy atom. The smallest absolute Gasteiger partial charge is 0.409 e. The van der Waals surface area contributed by atoms with Crippen LogP contribution in [0, 0.1) is 17.5 Å². The molecule has 0 N–H and O–H groups in total. The normalized spacial score (nSPS) is 13.6. The summed E-state index contributed by atoms with van der Waals surface area (Å²) in [6, 6.07) is 56.5. The second-order valence-corrected chi connectivity index (χ2v) is 33.9. The first kappa shape index (κ1) is 93.5. The quantitative estimate of drug-likeness (QED) is 0.0249. The Balaban J connectivity index is 0.000000130. The molecule has 16 aromatic rings. The minimum Gasteiger partial charge on any atom is -0.461 e. The number of aromatic nitrogens is 8. The van der Waals surface area contributed by atoms with Crippen molar-refractivity contribution in [2.24, 2.45) is 0 Å². The van der Waals surface area contributed by atoms with E-state index in [1.165, 1.54) is 12.3 Å². The van der Waals surface area contributed by atoms with Gasteiger partial charge in [-0.3, -0.25) is 24.3 Å². The van der Waals surface area contributed by atoms with Crippen molar-refractivity contribution in [3.63, 3.8) is 0 Å². The van der Waals surface area contributed by atoms with E-state index in [1.54, 1.807) is 103 Å². The van der Waals surface area contributed by atoms with Crippen LogP contribution in [0.1, 0.15) is 90.9 Å². The van der Waals surface area contributed by atoms with Crippen LogP contribution in [0.25, 0.3) is 87.2 Å². The molecule has 19 rings (SSSR count). The molecule has 3 amide bonds. The predicted molar refractivity (Wildman–Crippen MR) is 506 cm³/mol. The second-order valence-electron chi connectivity index (χ2n) is 31.4. The average molecular weight is 1920 g/mol. The molecule has 0 bridgehead atoms. The Hall–Kier alpha value is -12.7. The van der Waals surface area contributed by atoms with E-state index in [4.69, 9.17) is 98.0 Å². The monoisotopic (exact) mass is 1920 g/mol. The van der Waals surface area contributed by atoms with Gasteiger partial charge in [0.25, 0.3) is 0 Å². The molecule has 3 aliphatic rings. The summed E-state index contributed by atoms with van der Waals surface area (Å²) < 4.78 is 81.3. The number of piperazine rings is 1. The number of carbonyl (C=O) groups excluding carboxylic acids is 7. The van der Waals surface area contributed by atoms with Crippen LogP contribution in [-0.2, 0) is 64.2 Å². The van der Waals surface area contributed by atoms with Crippen molar-refractivity contribution in [2.45, 2.75) is 52.9 Å². The number of ether oxygens (including phenoxy) is 6. The number of esters is 4. The van der Waals surface area contributed by atoms with Crippen molar-refractivity contribution in [2.75, 3.05) is 105 Å². The molecular formula is C99H85Cl6F3N12O13. The lowest BCUT2D eigenvalue weighted by Crippen LogP contribution is -2.49. The maximum absolute atomic E-state index is 14.4. The van der Waals surface area contributed by atoms with E-state index >= 15 is 0 Å². The molecule has 0 radical (unpaired) electrons. The van der Waals surface area contributed by atoms with Crippen molar-refractivity contribution < 1.29 is 75.2 Å². The summed E-state index contributed by atoms with van der Waals surface area (Å²) in [7, 11) is 0. The van der Waals surface area contributed by atoms with Crippen LogP contribution in [0.15, 0.2) is 213 Å². The minimum absolute atomic E-state index is 0.00755. The number of likely N-dealkylation sites (tertiary alicyclic amines) is 1. The Labute approximate surface area is 789 Å². The van der Waals surface area contributed by atoms with Gasteiger partial charge in [-0.25, -0.2) is 57.1 Å². The lowest BCUT2D eigenvalue weighted by molar-refractivity contribution is -0.139. The first-order chi connectivity index (χ1) is 64.5. The van der Waals surface area contributed by atoms with Crippen LogP contribution < -0.4 is 0 Å². The number of imide groups is 1. The summed E-state index contributed by atoms with van der Waals surface area (Å²) >= 11 is 37.8. The highest BCUT2D eigenvalue weighted by Crippen LogP contribution is 2.38. The molecule has 133 heavy (non-hydrogen) atoms. The van der Waals surface area contributed by atoms with Crippen LogP contribution >= 0.6 is 69.6 Å². The summed E-state index contributed by atoms with van der Waals surface area (Å²) in [5.41, 5.74) is 10.6. The molecule has 3 saturated heterocycles. The van der Waals surface area contributed by atoms with Crippen LogP contribution in [0.2, 0.25) is 30.1 Å². The highest BCUT2D eigenvalue weighted by Gasteiger charge is 2.31. The maximum atomic E-state index is 14.4. The number of fused-ring (bicyclic) bond motifs is 12. The standard InChI is InChI=1S/C28H28Cl2N4O4.C25H19Cl2N3O4.C25H22F3N3O3.C21H16Cl2N2O2/c1-2-37-28(36)33-11-9-32(10-12-33)13-14-38-27(35)24-16-22-21-5-3-4-6-25(21)34(26(22)17-31-24)18-19-15-20(29)7-8-23(19)30;26-16-5-6-19(27)15(11-16)14-30-21-4-2-1-3-17(21)18-12-20(28-13-22(18)30)25(33)34-10-9-29-23(31)7-8-24(29)32;26-19-6-5-16(23(27)24(19)28)15-31-21-4-2-1-3-17(21)18-13-20(29-14-22(18)31)25(32)34-12-9-30-7-10-33-11-8-30;1-2-27-21(26)18-10-16-15-5-3-4-6-19(15)25(20(16)11-24-18)12-13-9-14(22)7-8-17(13)23/h3-8,15-17H,2,9-14,18H2,1H3;1-6,11-13H,7-10,14H2;1-6,13-14H,7-12,15H2;3-11H,2,12H2,1H3.